The average molecular weight is 272 g/mol. The van der Waals surface area contributed by atoms with Crippen LogP contribution in [0.1, 0.15) is 23.4 Å². The average Bonchev–Trinajstić information content (AvgIpc) is 2.98. The van der Waals surface area contributed by atoms with Crippen LogP contribution in [0.5, 0.6) is 0 Å². The third kappa shape index (κ3) is 2.58. The minimum atomic E-state index is -0.346. The molecule has 3 rings (SSSR count). The molecule has 0 spiro atoms. The van der Waals surface area contributed by atoms with Gasteiger partial charge in [-0.05, 0) is 31.5 Å². The first-order valence-electron chi connectivity index (χ1n) is 6.78. The van der Waals surface area contributed by atoms with E-state index in [0.29, 0.717) is 23.6 Å². The van der Waals surface area contributed by atoms with E-state index in [1.54, 1.807) is 24.3 Å². The predicted octanol–water partition coefficient (Wildman–Crippen LogP) is 1.27. The smallest absolute Gasteiger partial charge is 0.287 e. The maximum atomic E-state index is 12.0. The lowest BCUT2D eigenvalue weighted by Gasteiger charge is -2.11. The summed E-state index contributed by atoms with van der Waals surface area (Å²) in [6, 6.07) is 8.48. The zero-order chi connectivity index (χ0) is 13.9. The molecule has 1 atom stereocenters. The van der Waals surface area contributed by atoms with E-state index in [1.165, 1.54) is 6.07 Å². The summed E-state index contributed by atoms with van der Waals surface area (Å²) in [6.45, 7) is 1.54. The van der Waals surface area contributed by atoms with Crippen LogP contribution in [0, 0.1) is 0 Å². The van der Waals surface area contributed by atoms with E-state index in [4.69, 9.17) is 4.42 Å². The van der Waals surface area contributed by atoms with Crippen LogP contribution in [-0.2, 0) is 0 Å². The van der Waals surface area contributed by atoms with Gasteiger partial charge in [-0.2, -0.15) is 0 Å². The van der Waals surface area contributed by atoms with Crippen LogP contribution in [0.15, 0.2) is 39.5 Å². The first-order valence-corrected chi connectivity index (χ1v) is 6.78. The summed E-state index contributed by atoms with van der Waals surface area (Å²) in [5, 5.41) is 6.58. The van der Waals surface area contributed by atoms with Crippen molar-refractivity contribution in [3.05, 3.63) is 46.3 Å². The van der Waals surface area contributed by atoms with E-state index >= 15 is 0 Å². The number of carbonyl (C=O) groups excluding carboxylic acids is 1. The molecule has 0 bridgehead atoms. The van der Waals surface area contributed by atoms with Crippen molar-refractivity contribution < 1.29 is 9.21 Å². The van der Waals surface area contributed by atoms with Crippen molar-refractivity contribution in [3.63, 3.8) is 0 Å². The highest BCUT2D eigenvalue weighted by molar-refractivity contribution is 5.93. The molecule has 2 heterocycles. The molecule has 1 saturated heterocycles. The van der Waals surface area contributed by atoms with E-state index < -0.39 is 0 Å². The van der Waals surface area contributed by atoms with Crippen LogP contribution >= 0.6 is 0 Å². The maximum absolute atomic E-state index is 12.0. The van der Waals surface area contributed by atoms with Gasteiger partial charge in [-0.15, -0.1) is 0 Å². The zero-order valence-corrected chi connectivity index (χ0v) is 11.0. The van der Waals surface area contributed by atoms with Crippen LogP contribution in [0.4, 0.5) is 0 Å². The molecule has 1 aliphatic heterocycles. The van der Waals surface area contributed by atoms with Crippen molar-refractivity contribution in [2.45, 2.75) is 18.9 Å². The maximum Gasteiger partial charge on any atom is 0.287 e. The van der Waals surface area contributed by atoms with Gasteiger partial charge >= 0.3 is 0 Å². The summed E-state index contributed by atoms with van der Waals surface area (Å²) in [6.07, 6.45) is 2.19. The summed E-state index contributed by atoms with van der Waals surface area (Å²) in [4.78, 5) is 23.9. The molecule has 1 fully saturated rings. The Hall–Kier alpha value is -2.14. The van der Waals surface area contributed by atoms with Crippen LogP contribution in [0.3, 0.4) is 0 Å². The Morgan fingerprint density at radius 3 is 3.05 bits per heavy atom. The summed E-state index contributed by atoms with van der Waals surface area (Å²) < 4.78 is 5.49. The van der Waals surface area contributed by atoms with Gasteiger partial charge in [-0.25, -0.2) is 0 Å². The number of hydrogen-bond acceptors (Lipinski definition) is 4. The molecule has 2 aromatic rings. The van der Waals surface area contributed by atoms with Crippen LogP contribution in [-0.4, -0.2) is 25.0 Å². The fraction of sp³-hybridized carbons (Fsp3) is 0.333. The molecule has 1 amide bonds. The summed E-state index contributed by atoms with van der Waals surface area (Å²) >= 11 is 0. The van der Waals surface area contributed by atoms with Gasteiger partial charge in [0.05, 0.1) is 5.39 Å². The van der Waals surface area contributed by atoms with Crippen molar-refractivity contribution in [3.8, 4) is 0 Å². The SMILES string of the molecule is O=C(NCC1CCCN1)c1cc(=O)c2ccccc2o1. The molecule has 104 valence electrons. The number of hydrogen-bond donors (Lipinski definition) is 2. The third-order valence-corrected chi connectivity index (χ3v) is 3.53. The Morgan fingerprint density at radius 1 is 1.40 bits per heavy atom. The summed E-state index contributed by atoms with van der Waals surface area (Å²) in [5.41, 5.74) is 0.236. The lowest BCUT2D eigenvalue weighted by Crippen LogP contribution is -2.37. The van der Waals surface area contributed by atoms with Gasteiger partial charge in [0.1, 0.15) is 5.58 Å². The van der Waals surface area contributed by atoms with Gasteiger partial charge in [-0.3, -0.25) is 9.59 Å². The highest BCUT2D eigenvalue weighted by atomic mass is 16.3. The number of para-hydroxylation sites is 1. The van der Waals surface area contributed by atoms with Crippen molar-refractivity contribution in [2.75, 3.05) is 13.1 Å². The molecule has 0 saturated carbocycles. The second-order valence-corrected chi connectivity index (χ2v) is 4.97. The molecular weight excluding hydrogens is 256 g/mol. The Bertz CT molecular complexity index is 687. The van der Waals surface area contributed by atoms with Crippen molar-refractivity contribution in [2.24, 2.45) is 0 Å². The topological polar surface area (TPSA) is 71.3 Å². The number of fused-ring (bicyclic) bond motifs is 1. The normalized spacial score (nSPS) is 18.3. The number of nitrogens with one attached hydrogen (secondary N) is 2. The van der Waals surface area contributed by atoms with Gasteiger partial charge in [0.25, 0.3) is 5.91 Å². The van der Waals surface area contributed by atoms with Gasteiger partial charge in [0.15, 0.2) is 11.2 Å². The van der Waals surface area contributed by atoms with E-state index in [1.807, 2.05) is 0 Å². The Kier molecular flexibility index (Phi) is 3.52. The van der Waals surface area contributed by atoms with Crippen LogP contribution < -0.4 is 16.1 Å². The highest BCUT2D eigenvalue weighted by Gasteiger charge is 2.17. The minimum Gasteiger partial charge on any atom is -0.451 e. The Labute approximate surface area is 116 Å². The molecule has 2 N–H and O–H groups in total. The summed E-state index contributed by atoms with van der Waals surface area (Å²) in [7, 11) is 0. The van der Waals surface area contributed by atoms with Gasteiger partial charge < -0.3 is 15.1 Å². The molecule has 1 aliphatic rings. The molecule has 20 heavy (non-hydrogen) atoms. The van der Waals surface area contributed by atoms with E-state index in [0.717, 1.165) is 19.4 Å². The quantitative estimate of drug-likeness (QED) is 0.883. The molecule has 1 aromatic carbocycles. The molecule has 1 aromatic heterocycles. The highest BCUT2D eigenvalue weighted by Crippen LogP contribution is 2.11. The minimum absolute atomic E-state index is 0.0618. The zero-order valence-electron chi connectivity index (χ0n) is 11.0. The molecule has 5 nitrogen and oxygen atoms in total. The second kappa shape index (κ2) is 5.46. The van der Waals surface area contributed by atoms with Crippen molar-refractivity contribution >= 4 is 16.9 Å². The van der Waals surface area contributed by atoms with Crippen LogP contribution in [0.2, 0.25) is 0 Å². The molecule has 0 aliphatic carbocycles. The number of carbonyl (C=O) groups is 1. The number of amides is 1. The van der Waals surface area contributed by atoms with Gasteiger partial charge in [0.2, 0.25) is 0 Å². The van der Waals surface area contributed by atoms with E-state index in [2.05, 4.69) is 10.6 Å². The fourth-order valence-electron chi connectivity index (χ4n) is 2.45. The standard InChI is InChI=1S/C15H16N2O3/c18-12-8-14(20-13-6-2-1-5-11(12)13)15(19)17-9-10-4-3-7-16-10/h1-2,5-6,8,10,16H,3-4,7,9H2,(H,17,19). The Balaban J connectivity index is 1.79. The van der Waals surface area contributed by atoms with E-state index in [9.17, 15) is 9.59 Å². The van der Waals surface area contributed by atoms with Crippen molar-refractivity contribution in [1.29, 1.82) is 0 Å². The molecular formula is C15H16N2O3. The molecule has 1 unspecified atom stereocenters. The van der Waals surface area contributed by atoms with Gasteiger partial charge in [-0.1, -0.05) is 12.1 Å². The first-order chi connectivity index (χ1) is 9.74. The fourth-order valence-corrected chi connectivity index (χ4v) is 2.45. The number of benzene rings is 1. The largest absolute Gasteiger partial charge is 0.451 e. The third-order valence-electron chi connectivity index (χ3n) is 3.53. The monoisotopic (exact) mass is 272 g/mol. The first kappa shape index (κ1) is 12.9. The molecule has 0 radical (unpaired) electrons. The number of rotatable bonds is 3. The predicted molar refractivity (Wildman–Crippen MR) is 75.8 cm³/mol. The van der Waals surface area contributed by atoms with Crippen molar-refractivity contribution in [1.82, 2.24) is 10.6 Å². The second-order valence-electron chi connectivity index (χ2n) is 4.97. The van der Waals surface area contributed by atoms with Crippen LogP contribution in [0.25, 0.3) is 11.0 Å². The molecule has 5 heteroatoms. The summed E-state index contributed by atoms with van der Waals surface area (Å²) in [5.74, 6) is -0.284. The van der Waals surface area contributed by atoms with E-state index in [-0.39, 0.29) is 17.1 Å². The lowest BCUT2D eigenvalue weighted by atomic mass is 10.2. The lowest BCUT2D eigenvalue weighted by molar-refractivity contribution is 0.0923. The van der Waals surface area contributed by atoms with Gasteiger partial charge in [0, 0.05) is 18.7 Å². The Morgan fingerprint density at radius 2 is 2.25 bits per heavy atom.